The zero-order valence-electron chi connectivity index (χ0n) is 10.3. The molecule has 0 spiro atoms. The van der Waals surface area contributed by atoms with Crippen LogP contribution in [0.5, 0.6) is 0 Å². The highest BCUT2D eigenvalue weighted by Gasteiger charge is 2.21. The number of halogens is 3. The third-order valence-electron chi connectivity index (χ3n) is 3.27. The highest BCUT2D eigenvalue weighted by molar-refractivity contribution is 9.10. The van der Waals surface area contributed by atoms with Gasteiger partial charge in [0.1, 0.15) is 5.82 Å². The number of nitrogens with zero attached hydrogens (tertiary/aromatic N) is 1. The standard InChI is InChI=1S/C13H17BrF2N2/c1-2-10-8-18(5-3-4-17-10)13-11(14)6-9(15)7-12(13)16/h6-7,10,17H,2-5,8H2,1H3. The molecule has 1 N–H and O–H groups in total. The van der Waals surface area contributed by atoms with Crippen molar-refractivity contribution in [1.29, 1.82) is 0 Å². The van der Waals surface area contributed by atoms with Crippen LogP contribution in [-0.4, -0.2) is 25.7 Å². The third-order valence-corrected chi connectivity index (χ3v) is 3.87. The normalized spacial score (nSPS) is 20.9. The Hall–Kier alpha value is -0.680. The van der Waals surface area contributed by atoms with Gasteiger partial charge in [-0.05, 0) is 41.4 Å². The van der Waals surface area contributed by atoms with Crippen LogP contribution in [0.25, 0.3) is 0 Å². The minimum absolute atomic E-state index is 0.351. The predicted octanol–water partition coefficient (Wildman–Crippen LogP) is 3.31. The summed E-state index contributed by atoms with van der Waals surface area (Å²) in [5, 5.41) is 3.43. The van der Waals surface area contributed by atoms with E-state index in [1.54, 1.807) is 0 Å². The van der Waals surface area contributed by atoms with Gasteiger partial charge in [0.25, 0.3) is 0 Å². The maximum Gasteiger partial charge on any atom is 0.150 e. The Morgan fingerprint density at radius 2 is 2.22 bits per heavy atom. The minimum Gasteiger partial charge on any atom is -0.367 e. The van der Waals surface area contributed by atoms with Gasteiger partial charge >= 0.3 is 0 Å². The Bertz CT molecular complexity index is 402. The van der Waals surface area contributed by atoms with Crippen molar-refractivity contribution in [3.8, 4) is 0 Å². The van der Waals surface area contributed by atoms with Crippen LogP contribution >= 0.6 is 15.9 Å². The van der Waals surface area contributed by atoms with Crippen molar-refractivity contribution in [1.82, 2.24) is 5.32 Å². The van der Waals surface area contributed by atoms with Crippen LogP contribution in [0.3, 0.4) is 0 Å². The molecule has 0 radical (unpaired) electrons. The Labute approximate surface area is 114 Å². The molecule has 2 rings (SSSR count). The quantitative estimate of drug-likeness (QED) is 0.900. The number of benzene rings is 1. The molecule has 1 saturated heterocycles. The molecular formula is C13H17BrF2N2. The lowest BCUT2D eigenvalue weighted by molar-refractivity contribution is 0.524. The van der Waals surface area contributed by atoms with Gasteiger partial charge in [0.15, 0.2) is 5.82 Å². The van der Waals surface area contributed by atoms with E-state index in [2.05, 4.69) is 28.2 Å². The van der Waals surface area contributed by atoms with Crippen LogP contribution in [0.1, 0.15) is 19.8 Å². The molecule has 1 unspecified atom stereocenters. The summed E-state index contributed by atoms with van der Waals surface area (Å²) in [5.74, 6) is -1.05. The summed E-state index contributed by atoms with van der Waals surface area (Å²) in [4.78, 5) is 1.99. The van der Waals surface area contributed by atoms with E-state index in [1.165, 1.54) is 6.07 Å². The molecule has 1 fully saturated rings. The van der Waals surface area contributed by atoms with Crippen LogP contribution in [0.2, 0.25) is 0 Å². The fourth-order valence-electron chi connectivity index (χ4n) is 2.31. The van der Waals surface area contributed by atoms with Crippen molar-refractivity contribution in [3.63, 3.8) is 0 Å². The predicted molar refractivity (Wildman–Crippen MR) is 73.0 cm³/mol. The maximum absolute atomic E-state index is 13.9. The van der Waals surface area contributed by atoms with Gasteiger partial charge in [-0.25, -0.2) is 8.78 Å². The van der Waals surface area contributed by atoms with Crippen molar-refractivity contribution in [2.45, 2.75) is 25.8 Å². The molecule has 100 valence electrons. The molecule has 1 atom stereocenters. The summed E-state index contributed by atoms with van der Waals surface area (Å²) in [5.41, 5.74) is 0.471. The van der Waals surface area contributed by atoms with Gasteiger partial charge in [0, 0.05) is 29.7 Å². The van der Waals surface area contributed by atoms with Gasteiger partial charge in [0.05, 0.1) is 5.69 Å². The lowest BCUT2D eigenvalue weighted by Gasteiger charge is -2.27. The minimum atomic E-state index is -0.553. The van der Waals surface area contributed by atoms with Gasteiger partial charge in [-0.3, -0.25) is 0 Å². The number of nitrogens with one attached hydrogen (secondary N) is 1. The summed E-state index contributed by atoms with van der Waals surface area (Å²) < 4.78 is 27.5. The Morgan fingerprint density at radius 3 is 2.89 bits per heavy atom. The summed E-state index contributed by atoms with van der Waals surface area (Å²) in [6.07, 6.45) is 1.96. The molecule has 2 nitrogen and oxygen atoms in total. The SMILES string of the molecule is CCC1CN(c2c(F)cc(F)cc2Br)CCCN1. The van der Waals surface area contributed by atoms with Gasteiger partial charge in [-0.15, -0.1) is 0 Å². The number of hydrogen-bond acceptors (Lipinski definition) is 2. The van der Waals surface area contributed by atoms with Crippen molar-refractivity contribution >= 4 is 21.6 Å². The summed E-state index contributed by atoms with van der Waals surface area (Å²) in [6.45, 7) is 4.58. The van der Waals surface area contributed by atoms with Crippen LogP contribution < -0.4 is 10.2 Å². The molecule has 1 aliphatic rings. The van der Waals surface area contributed by atoms with Crippen molar-refractivity contribution in [2.24, 2.45) is 0 Å². The zero-order chi connectivity index (χ0) is 13.1. The van der Waals surface area contributed by atoms with E-state index in [4.69, 9.17) is 0 Å². The van der Waals surface area contributed by atoms with E-state index in [0.29, 0.717) is 16.2 Å². The molecule has 1 heterocycles. The first-order valence-corrected chi connectivity index (χ1v) is 7.04. The van der Waals surface area contributed by atoms with Crippen LogP contribution in [0, 0.1) is 11.6 Å². The second-order valence-corrected chi connectivity index (χ2v) is 5.43. The molecule has 1 aromatic carbocycles. The molecule has 0 amide bonds. The Morgan fingerprint density at radius 1 is 1.44 bits per heavy atom. The fourth-order valence-corrected chi connectivity index (χ4v) is 2.97. The van der Waals surface area contributed by atoms with E-state index in [0.717, 1.165) is 38.5 Å². The second-order valence-electron chi connectivity index (χ2n) is 4.58. The largest absolute Gasteiger partial charge is 0.367 e. The van der Waals surface area contributed by atoms with E-state index in [1.807, 2.05) is 4.90 Å². The van der Waals surface area contributed by atoms with Crippen molar-refractivity contribution in [3.05, 3.63) is 28.2 Å². The fraction of sp³-hybridized carbons (Fsp3) is 0.538. The molecule has 0 saturated carbocycles. The molecule has 1 aliphatic heterocycles. The monoisotopic (exact) mass is 318 g/mol. The van der Waals surface area contributed by atoms with Gasteiger partial charge in [-0.2, -0.15) is 0 Å². The molecular weight excluding hydrogens is 302 g/mol. The number of hydrogen-bond donors (Lipinski definition) is 1. The summed E-state index contributed by atoms with van der Waals surface area (Å²) in [7, 11) is 0. The van der Waals surface area contributed by atoms with Crippen LogP contribution in [0.4, 0.5) is 14.5 Å². The Kier molecular flexibility index (Phi) is 4.56. The topological polar surface area (TPSA) is 15.3 Å². The van der Waals surface area contributed by atoms with Crippen molar-refractivity contribution in [2.75, 3.05) is 24.5 Å². The molecule has 18 heavy (non-hydrogen) atoms. The Balaban J connectivity index is 2.29. The first-order chi connectivity index (χ1) is 8.61. The third kappa shape index (κ3) is 3.01. The molecule has 0 aromatic heterocycles. The molecule has 0 bridgehead atoms. The first kappa shape index (κ1) is 13.7. The van der Waals surface area contributed by atoms with E-state index in [9.17, 15) is 8.78 Å². The lowest BCUT2D eigenvalue weighted by atomic mass is 10.2. The maximum atomic E-state index is 13.9. The van der Waals surface area contributed by atoms with E-state index < -0.39 is 11.6 Å². The highest BCUT2D eigenvalue weighted by Crippen LogP contribution is 2.31. The van der Waals surface area contributed by atoms with E-state index in [-0.39, 0.29) is 0 Å². The highest BCUT2D eigenvalue weighted by atomic mass is 79.9. The zero-order valence-corrected chi connectivity index (χ0v) is 11.9. The van der Waals surface area contributed by atoms with Gasteiger partial charge < -0.3 is 10.2 Å². The molecule has 1 aromatic rings. The lowest BCUT2D eigenvalue weighted by Crippen LogP contribution is -2.37. The molecule has 0 aliphatic carbocycles. The summed E-state index contributed by atoms with van der Waals surface area (Å²) >= 11 is 3.26. The van der Waals surface area contributed by atoms with Crippen LogP contribution in [-0.2, 0) is 0 Å². The average molecular weight is 319 g/mol. The van der Waals surface area contributed by atoms with Gasteiger partial charge in [-0.1, -0.05) is 6.92 Å². The first-order valence-electron chi connectivity index (χ1n) is 6.24. The van der Waals surface area contributed by atoms with Gasteiger partial charge in [0.2, 0.25) is 0 Å². The average Bonchev–Trinajstić information content (AvgIpc) is 2.53. The van der Waals surface area contributed by atoms with Crippen LogP contribution in [0.15, 0.2) is 16.6 Å². The number of anilines is 1. The summed E-state index contributed by atoms with van der Waals surface area (Å²) in [6, 6.07) is 2.61. The smallest absolute Gasteiger partial charge is 0.150 e. The van der Waals surface area contributed by atoms with E-state index >= 15 is 0 Å². The second kappa shape index (κ2) is 5.97. The molecule has 5 heteroatoms. The van der Waals surface area contributed by atoms with Crippen molar-refractivity contribution < 1.29 is 8.78 Å². The number of rotatable bonds is 2.